The maximum atomic E-state index is 6.25. The van der Waals surface area contributed by atoms with E-state index in [1.165, 1.54) is 22.3 Å². The number of hydrogen-bond acceptors (Lipinski definition) is 2. The van der Waals surface area contributed by atoms with Crippen LogP contribution in [0.25, 0.3) is 6.08 Å². The van der Waals surface area contributed by atoms with Crippen molar-refractivity contribution in [1.29, 1.82) is 0 Å². The van der Waals surface area contributed by atoms with Gasteiger partial charge in [-0.2, -0.15) is 0 Å². The number of methoxy groups -OCH3 is 1. The van der Waals surface area contributed by atoms with Crippen LogP contribution in [0.3, 0.4) is 0 Å². The predicted octanol–water partition coefficient (Wildman–Crippen LogP) is 6.70. The Morgan fingerprint density at radius 3 is 2.52 bits per heavy atom. The van der Waals surface area contributed by atoms with Gasteiger partial charge in [0.2, 0.25) is 0 Å². The smallest absolute Gasteiger partial charge is 0.126 e. The average molecular weight is 407 g/mol. The third-order valence-electron chi connectivity index (χ3n) is 5.82. The van der Waals surface area contributed by atoms with Crippen LogP contribution in [0.1, 0.15) is 48.6 Å². The molecule has 3 rings (SSSR count). The molecule has 2 nitrogen and oxygen atoms in total. The van der Waals surface area contributed by atoms with E-state index < -0.39 is 8.07 Å². The van der Waals surface area contributed by atoms with Gasteiger partial charge in [0.1, 0.15) is 18.1 Å². The van der Waals surface area contributed by atoms with E-state index in [1.54, 1.807) is 7.11 Å². The van der Waals surface area contributed by atoms with E-state index in [0.29, 0.717) is 12.1 Å². The minimum Gasteiger partial charge on any atom is -0.497 e. The number of allylic oxidation sites excluding steroid dienone is 1. The van der Waals surface area contributed by atoms with E-state index in [2.05, 4.69) is 89.0 Å². The summed E-state index contributed by atoms with van der Waals surface area (Å²) < 4.78 is 11.9. The molecule has 0 fully saturated rings. The molecule has 1 atom stereocenters. The highest BCUT2D eigenvalue weighted by Gasteiger charge is 2.36. The van der Waals surface area contributed by atoms with Crippen LogP contribution in [0, 0.1) is 0 Å². The summed E-state index contributed by atoms with van der Waals surface area (Å²) in [6, 6.07) is 14.1. The number of rotatable bonds is 7. The molecule has 0 aromatic heterocycles. The zero-order chi connectivity index (χ0) is 21.2. The molecule has 0 aliphatic heterocycles. The van der Waals surface area contributed by atoms with Gasteiger partial charge < -0.3 is 9.47 Å². The zero-order valence-electron chi connectivity index (χ0n) is 18.7. The van der Waals surface area contributed by atoms with E-state index in [0.717, 1.165) is 17.5 Å². The molecule has 0 heterocycles. The van der Waals surface area contributed by atoms with Crippen molar-refractivity contribution in [2.45, 2.75) is 50.9 Å². The van der Waals surface area contributed by atoms with Crippen LogP contribution in [0.5, 0.6) is 11.5 Å². The van der Waals surface area contributed by atoms with Crippen molar-refractivity contribution in [1.82, 2.24) is 0 Å². The molecule has 0 saturated heterocycles. The second-order valence-corrected chi connectivity index (χ2v) is 14.6. The van der Waals surface area contributed by atoms with Crippen molar-refractivity contribution < 1.29 is 9.47 Å². The van der Waals surface area contributed by atoms with E-state index in [9.17, 15) is 0 Å². The van der Waals surface area contributed by atoms with Crippen molar-refractivity contribution in [3.05, 3.63) is 77.4 Å². The molecule has 3 heteroatoms. The Hall–Kier alpha value is -2.26. The monoisotopic (exact) mass is 406 g/mol. The molecule has 1 unspecified atom stereocenters. The van der Waals surface area contributed by atoms with E-state index in [4.69, 9.17) is 9.47 Å². The highest BCUT2D eigenvalue weighted by atomic mass is 28.3. The van der Waals surface area contributed by atoms with Crippen LogP contribution >= 0.6 is 0 Å². The van der Waals surface area contributed by atoms with Gasteiger partial charge in [-0.05, 0) is 45.8 Å². The third-order valence-corrected chi connectivity index (χ3v) is 9.30. The van der Waals surface area contributed by atoms with Gasteiger partial charge in [0.05, 0.1) is 15.2 Å². The van der Waals surface area contributed by atoms with Gasteiger partial charge >= 0.3 is 0 Å². The van der Waals surface area contributed by atoms with Crippen LogP contribution < -0.4 is 9.47 Å². The largest absolute Gasteiger partial charge is 0.497 e. The van der Waals surface area contributed by atoms with Gasteiger partial charge in [-0.1, -0.05) is 82.9 Å². The van der Waals surface area contributed by atoms with Crippen LogP contribution in [-0.4, -0.2) is 21.8 Å². The van der Waals surface area contributed by atoms with Gasteiger partial charge in [-0.25, -0.2) is 0 Å². The Balaban J connectivity index is 2.05. The summed E-state index contributed by atoms with van der Waals surface area (Å²) in [4.78, 5) is 0. The maximum Gasteiger partial charge on any atom is 0.126 e. The topological polar surface area (TPSA) is 18.5 Å². The lowest BCUT2D eigenvalue weighted by Crippen LogP contribution is -2.37. The number of fused-ring (bicyclic) bond motifs is 1. The summed E-state index contributed by atoms with van der Waals surface area (Å²) in [5, 5.41) is 0. The quantitative estimate of drug-likeness (QED) is 0.376. The first kappa shape index (κ1) is 21.4. The SMILES string of the molecule is C=CCOc1c(C[Si](C)(C)C2C=Cc3ccccc32)cc(OC)cc1C(C)(C)C. The fourth-order valence-electron chi connectivity index (χ4n) is 4.31. The molecule has 0 saturated carbocycles. The lowest BCUT2D eigenvalue weighted by molar-refractivity contribution is 0.345. The molecule has 0 bridgehead atoms. The third kappa shape index (κ3) is 4.50. The van der Waals surface area contributed by atoms with Crippen LogP contribution in [0.4, 0.5) is 0 Å². The summed E-state index contributed by atoms with van der Waals surface area (Å²) in [7, 11) is 0.0456. The Labute approximate surface area is 177 Å². The first-order chi connectivity index (χ1) is 13.7. The molecule has 1 aliphatic rings. The van der Waals surface area contributed by atoms with Gasteiger partial charge in [-0.15, -0.1) is 0 Å². The summed E-state index contributed by atoms with van der Waals surface area (Å²) in [5.41, 5.74) is 5.76. The molecule has 0 spiro atoms. The number of ether oxygens (including phenoxy) is 2. The van der Waals surface area contributed by atoms with Gasteiger partial charge in [-0.3, -0.25) is 0 Å². The van der Waals surface area contributed by atoms with Crippen molar-refractivity contribution >= 4 is 14.1 Å². The van der Waals surface area contributed by atoms with Crippen molar-refractivity contribution in [2.24, 2.45) is 0 Å². The van der Waals surface area contributed by atoms with Gasteiger partial charge in [0.15, 0.2) is 0 Å². The lowest BCUT2D eigenvalue weighted by atomic mass is 9.85. The predicted molar refractivity (Wildman–Crippen MR) is 127 cm³/mol. The number of hydrogen-bond donors (Lipinski definition) is 0. The summed E-state index contributed by atoms with van der Waals surface area (Å²) in [5.74, 6) is 1.91. The van der Waals surface area contributed by atoms with Crippen LogP contribution in [0.15, 0.2) is 55.1 Å². The zero-order valence-corrected chi connectivity index (χ0v) is 19.7. The van der Waals surface area contributed by atoms with E-state index in [-0.39, 0.29) is 5.41 Å². The van der Waals surface area contributed by atoms with Crippen LogP contribution in [-0.2, 0) is 11.5 Å². The Kier molecular flexibility index (Phi) is 6.09. The minimum atomic E-state index is -1.70. The van der Waals surface area contributed by atoms with E-state index in [1.807, 2.05) is 6.08 Å². The number of benzene rings is 2. The minimum absolute atomic E-state index is 0.0364. The molecule has 29 heavy (non-hydrogen) atoms. The first-order valence-electron chi connectivity index (χ1n) is 10.4. The molecule has 0 radical (unpaired) electrons. The Morgan fingerprint density at radius 1 is 1.14 bits per heavy atom. The normalized spacial score (nSPS) is 15.9. The Morgan fingerprint density at radius 2 is 1.86 bits per heavy atom. The van der Waals surface area contributed by atoms with Gasteiger partial charge in [0.25, 0.3) is 0 Å². The lowest BCUT2D eigenvalue weighted by Gasteiger charge is -2.32. The fourth-order valence-corrected chi connectivity index (χ4v) is 7.50. The highest BCUT2D eigenvalue weighted by Crippen LogP contribution is 2.43. The molecular formula is C26H34O2Si. The van der Waals surface area contributed by atoms with Crippen molar-refractivity contribution in [3.63, 3.8) is 0 Å². The fraction of sp³-hybridized carbons (Fsp3) is 0.385. The van der Waals surface area contributed by atoms with E-state index >= 15 is 0 Å². The average Bonchev–Trinajstić information content (AvgIpc) is 3.10. The Bertz CT molecular complexity index is 919. The molecule has 2 aromatic carbocycles. The molecular weight excluding hydrogens is 372 g/mol. The standard InChI is InChI=1S/C26H34O2Si/c1-8-15-28-25-20(16-21(27-5)17-23(25)26(2,3)4)18-29(6,7)24-14-13-19-11-9-10-12-22(19)24/h8-14,16-17,24H,1,15,18H2,2-7H3. The second-order valence-electron chi connectivity index (χ2n) is 9.64. The maximum absolute atomic E-state index is 6.25. The first-order valence-corrected chi connectivity index (χ1v) is 13.7. The molecule has 1 aliphatic carbocycles. The summed E-state index contributed by atoms with van der Waals surface area (Å²) >= 11 is 0. The van der Waals surface area contributed by atoms with Gasteiger partial charge in [0, 0.05) is 5.56 Å². The highest BCUT2D eigenvalue weighted by molar-refractivity contribution is 6.79. The molecule has 0 amide bonds. The van der Waals surface area contributed by atoms with Crippen molar-refractivity contribution in [3.8, 4) is 11.5 Å². The molecule has 2 aromatic rings. The summed E-state index contributed by atoms with van der Waals surface area (Å²) in [6.45, 7) is 16.0. The molecule has 0 N–H and O–H groups in total. The second kappa shape index (κ2) is 8.23. The van der Waals surface area contributed by atoms with Crippen molar-refractivity contribution in [2.75, 3.05) is 13.7 Å². The summed E-state index contributed by atoms with van der Waals surface area (Å²) in [6.07, 6.45) is 6.51. The van der Waals surface area contributed by atoms with Crippen LogP contribution in [0.2, 0.25) is 13.1 Å². The molecule has 154 valence electrons.